The Kier molecular flexibility index (Phi) is 5.26. The van der Waals surface area contributed by atoms with Gasteiger partial charge in [-0.15, -0.1) is 11.3 Å². The Bertz CT molecular complexity index is 1110. The summed E-state index contributed by atoms with van der Waals surface area (Å²) in [4.78, 5) is 12.0. The van der Waals surface area contributed by atoms with Crippen LogP contribution in [0.15, 0.2) is 54.6 Å². The first-order valence-corrected chi connectivity index (χ1v) is 10.3. The molecule has 28 heavy (non-hydrogen) atoms. The molecule has 2 aromatic carbocycles. The minimum atomic E-state index is 0.619. The second-order valence-corrected chi connectivity index (χ2v) is 7.87. The number of para-hydroxylation sites is 2. The number of hydrogen-bond acceptors (Lipinski definition) is 5. The summed E-state index contributed by atoms with van der Waals surface area (Å²) >= 11 is 1.72. The molecule has 1 N–H and O–H groups in total. The molecule has 0 amide bonds. The van der Waals surface area contributed by atoms with Crippen molar-refractivity contribution in [1.29, 1.82) is 0 Å². The Morgan fingerprint density at radius 3 is 2.50 bits per heavy atom. The maximum Gasteiger partial charge on any atom is 0.143 e. The van der Waals surface area contributed by atoms with Gasteiger partial charge in [0.1, 0.15) is 22.2 Å². The highest BCUT2D eigenvalue weighted by Crippen LogP contribution is 2.36. The van der Waals surface area contributed by atoms with Crippen LogP contribution in [-0.2, 0) is 6.42 Å². The zero-order valence-corrected chi connectivity index (χ0v) is 17.1. The molecule has 4 aromatic rings. The highest BCUT2D eigenvalue weighted by atomic mass is 32.1. The molecule has 0 fully saturated rings. The molecule has 0 atom stereocenters. The fourth-order valence-electron chi connectivity index (χ4n) is 3.22. The molecular formula is C23H23N3OS. The molecule has 0 saturated heterocycles. The second kappa shape index (κ2) is 7.98. The minimum absolute atomic E-state index is 0.619. The number of nitrogens with zero attached hydrogens (tertiary/aromatic N) is 2. The molecule has 142 valence electrons. The van der Waals surface area contributed by atoms with Gasteiger partial charge in [-0.05, 0) is 44.0 Å². The molecule has 0 bridgehead atoms. The third-order valence-corrected chi connectivity index (χ3v) is 5.82. The fraction of sp³-hybridized carbons (Fsp3) is 0.217. The van der Waals surface area contributed by atoms with Gasteiger partial charge in [0.05, 0.1) is 17.7 Å². The molecule has 5 heteroatoms. The van der Waals surface area contributed by atoms with Crippen molar-refractivity contribution in [3.63, 3.8) is 0 Å². The molecule has 0 aliphatic carbocycles. The number of rotatable bonds is 6. The largest absolute Gasteiger partial charge is 0.492 e. The maximum atomic E-state index is 5.78. The van der Waals surface area contributed by atoms with E-state index in [9.17, 15) is 0 Å². The fourth-order valence-corrected chi connectivity index (χ4v) is 4.27. The summed E-state index contributed by atoms with van der Waals surface area (Å²) in [7, 11) is 0. The number of aryl methyl sites for hydroxylation is 2. The van der Waals surface area contributed by atoms with Crippen molar-refractivity contribution in [3.8, 4) is 5.75 Å². The number of thiophene rings is 1. The Balaban J connectivity index is 1.79. The van der Waals surface area contributed by atoms with Crippen LogP contribution >= 0.6 is 11.3 Å². The summed E-state index contributed by atoms with van der Waals surface area (Å²) < 4.78 is 5.78. The van der Waals surface area contributed by atoms with Crippen molar-refractivity contribution in [2.45, 2.75) is 27.2 Å². The first-order valence-electron chi connectivity index (χ1n) is 9.45. The summed E-state index contributed by atoms with van der Waals surface area (Å²) in [6, 6.07) is 18.3. The first kappa shape index (κ1) is 18.4. The monoisotopic (exact) mass is 389 g/mol. The Morgan fingerprint density at radius 1 is 0.964 bits per heavy atom. The number of benzene rings is 2. The predicted octanol–water partition coefficient (Wildman–Crippen LogP) is 6.04. The van der Waals surface area contributed by atoms with Crippen LogP contribution in [0.4, 0.5) is 11.5 Å². The highest BCUT2D eigenvalue weighted by molar-refractivity contribution is 7.18. The zero-order chi connectivity index (χ0) is 19.5. The van der Waals surface area contributed by atoms with Crippen LogP contribution in [0, 0.1) is 13.8 Å². The van der Waals surface area contributed by atoms with Crippen molar-refractivity contribution < 1.29 is 4.74 Å². The van der Waals surface area contributed by atoms with Crippen LogP contribution in [0.5, 0.6) is 5.75 Å². The quantitative estimate of drug-likeness (QED) is 0.437. The number of fused-ring (bicyclic) bond motifs is 1. The molecule has 0 radical (unpaired) electrons. The van der Waals surface area contributed by atoms with E-state index in [1.807, 2.05) is 49.4 Å². The van der Waals surface area contributed by atoms with Gasteiger partial charge in [0.15, 0.2) is 0 Å². The molecule has 0 aliphatic heterocycles. The van der Waals surface area contributed by atoms with E-state index in [0.29, 0.717) is 13.0 Å². The van der Waals surface area contributed by atoms with E-state index in [-0.39, 0.29) is 0 Å². The smallest absolute Gasteiger partial charge is 0.143 e. The lowest BCUT2D eigenvalue weighted by molar-refractivity contribution is 0.342. The van der Waals surface area contributed by atoms with Crippen LogP contribution in [-0.4, -0.2) is 16.6 Å². The van der Waals surface area contributed by atoms with Crippen LogP contribution in [0.1, 0.15) is 28.8 Å². The number of hydrogen-bond donors (Lipinski definition) is 1. The third-order valence-electron chi connectivity index (χ3n) is 4.72. The van der Waals surface area contributed by atoms with Gasteiger partial charge in [0.25, 0.3) is 0 Å². The number of aromatic nitrogens is 2. The average molecular weight is 390 g/mol. The molecule has 0 spiro atoms. The van der Waals surface area contributed by atoms with Gasteiger partial charge < -0.3 is 10.1 Å². The summed E-state index contributed by atoms with van der Waals surface area (Å²) in [5, 5.41) is 4.60. The SMILES string of the molecule is CCOc1ccccc1Nc1nc(Cc2ccccc2)nc2sc(C)c(C)c12. The van der Waals surface area contributed by atoms with Crippen LogP contribution in [0.3, 0.4) is 0 Å². The lowest BCUT2D eigenvalue weighted by Crippen LogP contribution is -2.03. The standard InChI is InChI=1S/C23H23N3OS/c1-4-27-19-13-9-8-12-18(19)24-22-21-15(2)16(3)28-23(21)26-20(25-22)14-17-10-6-5-7-11-17/h5-13H,4,14H2,1-3H3,(H,24,25,26). The first-order chi connectivity index (χ1) is 13.7. The van der Waals surface area contributed by atoms with Gasteiger partial charge in [0, 0.05) is 11.3 Å². The van der Waals surface area contributed by atoms with E-state index < -0.39 is 0 Å². The molecule has 0 aliphatic rings. The lowest BCUT2D eigenvalue weighted by Gasteiger charge is -2.13. The lowest BCUT2D eigenvalue weighted by atomic mass is 10.1. The van der Waals surface area contributed by atoms with Gasteiger partial charge >= 0.3 is 0 Å². The Labute approximate surface area is 169 Å². The molecule has 4 rings (SSSR count). The third kappa shape index (κ3) is 3.71. The van der Waals surface area contributed by atoms with E-state index >= 15 is 0 Å². The summed E-state index contributed by atoms with van der Waals surface area (Å²) in [5.41, 5.74) is 3.34. The van der Waals surface area contributed by atoms with E-state index in [4.69, 9.17) is 14.7 Å². The van der Waals surface area contributed by atoms with Crippen molar-refractivity contribution >= 4 is 33.1 Å². The molecule has 0 unspecified atom stereocenters. The van der Waals surface area contributed by atoms with E-state index in [1.54, 1.807) is 11.3 Å². The Morgan fingerprint density at radius 2 is 1.71 bits per heavy atom. The predicted molar refractivity (Wildman–Crippen MR) is 117 cm³/mol. The Hall–Kier alpha value is -2.92. The van der Waals surface area contributed by atoms with Gasteiger partial charge in [0.2, 0.25) is 0 Å². The number of nitrogens with one attached hydrogen (secondary N) is 1. The van der Waals surface area contributed by atoms with Gasteiger partial charge in [-0.25, -0.2) is 9.97 Å². The van der Waals surface area contributed by atoms with Crippen LogP contribution in [0.25, 0.3) is 10.2 Å². The topological polar surface area (TPSA) is 47.0 Å². The highest BCUT2D eigenvalue weighted by Gasteiger charge is 2.16. The van der Waals surface area contributed by atoms with E-state index in [0.717, 1.165) is 33.3 Å². The van der Waals surface area contributed by atoms with Crippen molar-refractivity contribution in [2.24, 2.45) is 0 Å². The van der Waals surface area contributed by atoms with Crippen molar-refractivity contribution in [1.82, 2.24) is 9.97 Å². The van der Waals surface area contributed by atoms with Gasteiger partial charge in [-0.1, -0.05) is 42.5 Å². The van der Waals surface area contributed by atoms with Crippen molar-refractivity contribution in [2.75, 3.05) is 11.9 Å². The molecule has 0 saturated carbocycles. The van der Waals surface area contributed by atoms with Gasteiger partial charge in [-0.3, -0.25) is 0 Å². The van der Waals surface area contributed by atoms with Crippen molar-refractivity contribution in [3.05, 3.63) is 76.4 Å². The number of anilines is 2. The summed E-state index contributed by atoms with van der Waals surface area (Å²) in [6.45, 7) is 6.88. The summed E-state index contributed by atoms with van der Waals surface area (Å²) in [5.74, 6) is 2.48. The minimum Gasteiger partial charge on any atom is -0.492 e. The van der Waals surface area contributed by atoms with Crippen LogP contribution < -0.4 is 10.1 Å². The van der Waals surface area contributed by atoms with E-state index in [1.165, 1.54) is 16.0 Å². The van der Waals surface area contributed by atoms with Gasteiger partial charge in [-0.2, -0.15) is 0 Å². The van der Waals surface area contributed by atoms with Crippen LogP contribution in [0.2, 0.25) is 0 Å². The molecule has 2 aromatic heterocycles. The maximum absolute atomic E-state index is 5.78. The molecule has 2 heterocycles. The summed E-state index contributed by atoms with van der Waals surface area (Å²) in [6.07, 6.45) is 0.703. The number of ether oxygens (including phenoxy) is 1. The molecular weight excluding hydrogens is 366 g/mol. The zero-order valence-electron chi connectivity index (χ0n) is 16.3. The normalized spacial score (nSPS) is 11.0. The van der Waals surface area contributed by atoms with E-state index in [2.05, 4.69) is 31.3 Å². The molecule has 4 nitrogen and oxygen atoms in total. The average Bonchev–Trinajstić information content (AvgIpc) is 2.98. The second-order valence-electron chi connectivity index (χ2n) is 6.67.